The highest BCUT2D eigenvalue weighted by molar-refractivity contribution is 6.35. The molecule has 1 aromatic carbocycles. The van der Waals surface area contributed by atoms with E-state index in [0.29, 0.717) is 33.1 Å². The lowest BCUT2D eigenvalue weighted by Crippen LogP contribution is -2.12. The van der Waals surface area contributed by atoms with Gasteiger partial charge in [0.15, 0.2) is 11.6 Å². The molecule has 0 saturated carbocycles. The number of hydrogen-bond donors (Lipinski definition) is 4. The van der Waals surface area contributed by atoms with Crippen LogP contribution in [0.25, 0.3) is 0 Å². The molecule has 0 saturated heterocycles. The monoisotopic (exact) mass is 284 g/mol. The molecule has 8 heteroatoms. The third kappa shape index (κ3) is 2.73. The zero-order chi connectivity index (χ0) is 13.1. The predicted molar refractivity (Wildman–Crippen MR) is 74.0 cm³/mol. The molecule has 1 heterocycles. The quantitative estimate of drug-likeness (QED) is 0.510. The molecule has 0 amide bonds. The van der Waals surface area contributed by atoms with Crippen molar-refractivity contribution < 1.29 is 0 Å². The van der Waals surface area contributed by atoms with Crippen LogP contribution in [0.4, 0.5) is 23.0 Å². The Labute approximate surface area is 113 Å². The minimum atomic E-state index is 0.302. The van der Waals surface area contributed by atoms with E-state index in [1.54, 1.807) is 18.2 Å². The molecular formula is C10H10Cl2N6. The van der Waals surface area contributed by atoms with Gasteiger partial charge in [-0.1, -0.05) is 23.2 Å². The topological polar surface area (TPSA) is 102 Å². The van der Waals surface area contributed by atoms with Crippen LogP contribution in [-0.2, 0) is 0 Å². The van der Waals surface area contributed by atoms with E-state index in [0.717, 1.165) is 0 Å². The van der Waals surface area contributed by atoms with Gasteiger partial charge in [0.1, 0.15) is 12.0 Å². The van der Waals surface area contributed by atoms with Crippen molar-refractivity contribution in [3.05, 3.63) is 34.6 Å². The van der Waals surface area contributed by atoms with Gasteiger partial charge in [-0.25, -0.2) is 15.8 Å². The van der Waals surface area contributed by atoms with Crippen LogP contribution in [0.1, 0.15) is 0 Å². The van der Waals surface area contributed by atoms with Gasteiger partial charge in [-0.3, -0.25) is 0 Å². The molecule has 0 unspecified atom stereocenters. The summed E-state index contributed by atoms with van der Waals surface area (Å²) in [6.07, 6.45) is 1.33. The first kappa shape index (κ1) is 12.7. The summed E-state index contributed by atoms with van der Waals surface area (Å²) in [7, 11) is 0. The first-order valence-electron chi connectivity index (χ1n) is 4.90. The van der Waals surface area contributed by atoms with Crippen molar-refractivity contribution in [1.29, 1.82) is 0 Å². The summed E-state index contributed by atoms with van der Waals surface area (Å²) >= 11 is 11.8. The zero-order valence-electron chi connectivity index (χ0n) is 9.11. The third-order valence-corrected chi connectivity index (χ3v) is 2.58. The Hall–Kier alpha value is -1.76. The van der Waals surface area contributed by atoms with E-state index in [9.17, 15) is 0 Å². The number of aromatic nitrogens is 2. The summed E-state index contributed by atoms with van der Waals surface area (Å²) in [5, 5.41) is 4.01. The van der Waals surface area contributed by atoms with Crippen molar-refractivity contribution in [1.82, 2.24) is 9.97 Å². The molecule has 6 N–H and O–H groups in total. The van der Waals surface area contributed by atoms with Crippen molar-refractivity contribution in [2.24, 2.45) is 5.84 Å². The number of rotatable bonds is 3. The second-order valence-corrected chi connectivity index (χ2v) is 4.28. The minimum absolute atomic E-state index is 0.302. The molecular weight excluding hydrogens is 275 g/mol. The Morgan fingerprint density at radius 2 is 1.61 bits per heavy atom. The maximum atomic E-state index is 5.89. The highest BCUT2D eigenvalue weighted by Gasteiger charge is 2.07. The maximum Gasteiger partial charge on any atom is 0.168 e. The van der Waals surface area contributed by atoms with Crippen molar-refractivity contribution in [3.8, 4) is 0 Å². The maximum absolute atomic E-state index is 5.89. The lowest BCUT2D eigenvalue weighted by Gasteiger charge is -2.11. The number of nitrogens with zero attached hydrogens (tertiary/aromatic N) is 2. The SMILES string of the molecule is NNc1ncnc(Nc2cc(Cl)cc(Cl)c2)c1N. The number of nitrogens with two attached hydrogens (primary N) is 2. The van der Waals surface area contributed by atoms with Crippen molar-refractivity contribution >= 4 is 46.2 Å². The molecule has 0 atom stereocenters. The van der Waals surface area contributed by atoms with Gasteiger partial charge in [0.05, 0.1) is 0 Å². The Morgan fingerprint density at radius 3 is 2.22 bits per heavy atom. The third-order valence-electron chi connectivity index (χ3n) is 2.15. The lowest BCUT2D eigenvalue weighted by molar-refractivity contribution is 1.14. The molecule has 0 aliphatic carbocycles. The summed E-state index contributed by atoms with van der Waals surface area (Å²) in [6, 6.07) is 5.03. The van der Waals surface area contributed by atoms with Crippen LogP contribution in [0.15, 0.2) is 24.5 Å². The van der Waals surface area contributed by atoms with E-state index in [4.69, 9.17) is 34.8 Å². The predicted octanol–water partition coefficient (Wildman–Crippen LogP) is 2.39. The second-order valence-electron chi connectivity index (χ2n) is 3.41. The number of anilines is 4. The average molecular weight is 285 g/mol. The molecule has 1 aromatic heterocycles. The van der Waals surface area contributed by atoms with Crippen LogP contribution >= 0.6 is 23.2 Å². The summed E-state index contributed by atoms with van der Waals surface area (Å²) < 4.78 is 0. The summed E-state index contributed by atoms with van der Waals surface area (Å²) in [5.41, 5.74) is 9.17. The molecule has 0 spiro atoms. The van der Waals surface area contributed by atoms with Gasteiger partial charge in [0.25, 0.3) is 0 Å². The molecule has 18 heavy (non-hydrogen) atoms. The summed E-state index contributed by atoms with van der Waals surface area (Å²) in [4.78, 5) is 7.88. The molecule has 94 valence electrons. The van der Waals surface area contributed by atoms with Crippen LogP contribution < -0.4 is 22.3 Å². The molecule has 6 nitrogen and oxygen atoms in total. The lowest BCUT2D eigenvalue weighted by atomic mass is 10.3. The van der Waals surface area contributed by atoms with Gasteiger partial charge >= 0.3 is 0 Å². The molecule has 0 bridgehead atoms. The first-order valence-corrected chi connectivity index (χ1v) is 5.66. The highest BCUT2D eigenvalue weighted by Crippen LogP contribution is 2.28. The smallest absolute Gasteiger partial charge is 0.168 e. The summed E-state index contributed by atoms with van der Waals surface area (Å²) in [5.74, 6) is 6.02. The fraction of sp³-hybridized carbons (Fsp3) is 0. The van der Waals surface area contributed by atoms with E-state index in [2.05, 4.69) is 20.7 Å². The Balaban J connectivity index is 2.34. The van der Waals surface area contributed by atoms with Crippen LogP contribution in [0.3, 0.4) is 0 Å². The van der Waals surface area contributed by atoms with E-state index >= 15 is 0 Å². The van der Waals surface area contributed by atoms with E-state index in [1.165, 1.54) is 6.33 Å². The molecule has 0 radical (unpaired) electrons. The van der Waals surface area contributed by atoms with Crippen LogP contribution in [-0.4, -0.2) is 9.97 Å². The van der Waals surface area contributed by atoms with Crippen LogP contribution in [0.2, 0.25) is 10.0 Å². The van der Waals surface area contributed by atoms with Crippen molar-refractivity contribution in [2.45, 2.75) is 0 Å². The number of benzene rings is 1. The molecule has 0 aliphatic heterocycles. The van der Waals surface area contributed by atoms with Gasteiger partial charge in [-0.2, -0.15) is 0 Å². The molecule has 2 rings (SSSR count). The normalized spacial score (nSPS) is 10.2. The Morgan fingerprint density at radius 1 is 1.00 bits per heavy atom. The van der Waals surface area contributed by atoms with Crippen molar-refractivity contribution in [3.63, 3.8) is 0 Å². The van der Waals surface area contributed by atoms with Gasteiger partial charge < -0.3 is 16.5 Å². The van der Waals surface area contributed by atoms with Crippen LogP contribution in [0.5, 0.6) is 0 Å². The number of halogens is 2. The van der Waals surface area contributed by atoms with E-state index in [1.807, 2.05) is 0 Å². The molecule has 0 aliphatic rings. The van der Waals surface area contributed by atoms with E-state index < -0.39 is 0 Å². The fourth-order valence-corrected chi connectivity index (χ4v) is 1.90. The number of hydrazine groups is 1. The Bertz CT molecular complexity index is 554. The number of nitrogens with one attached hydrogen (secondary N) is 2. The number of nitrogen functional groups attached to an aromatic ring is 2. The fourth-order valence-electron chi connectivity index (χ4n) is 1.37. The minimum Gasteiger partial charge on any atom is -0.393 e. The van der Waals surface area contributed by atoms with Crippen molar-refractivity contribution in [2.75, 3.05) is 16.5 Å². The van der Waals surface area contributed by atoms with Crippen LogP contribution in [0, 0.1) is 0 Å². The standard InChI is InChI=1S/C10H10Cl2N6/c11-5-1-6(12)3-7(2-5)17-9-8(13)10(18-14)16-4-15-9/h1-4H,13-14H2,(H2,15,16,17,18). The average Bonchev–Trinajstić information content (AvgIpc) is 2.30. The van der Waals surface area contributed by atoms with Gasteiger partial charge in [0.2, 0.25) is 0 Å². The van der Waals surface area contributed by atoms with Gasteiger partial charge in [0, 0.05) is 15.7 Å². The van der Waals surface area contributed by atoms with Gasteiger partial charge in [-0.05, 0) is 18.2 Å². The zero-order valence-corrected chi connectivity index (χ0v) is 10.6. The van der Waals surface area contributed by atoms with E-state index in [-0.39, 0.29) is 0 Å². The largest absolute Gasteiger partial charge is 0.393 e. The molecule has 0 fully saturated rings. The Kier molecular flexibility index (Phi) is 3.71. The second kappa shape index (κ2) is 5.26. The van der Waals surface area contributed by atoms with Gasteiger partial charge in [-0.15, -0.1) is 0 Å². The first-order chi connectivity index (χ1) is 8.60. The highest BCUT2D eigenvalue weighted by atomic mass is 35.5. The molecule has 2 aromatic rings. The summed E-state index contributed by atoms with van der Waals surface area (Å²) in [6.45, 7) is 0. The number of hydrogen-bond acceptors (Lipinski definition) is 6.